The second-order valence-electron chi connectivity index (χ2n) is 5.89. The van der Waals surface area contributed by atoms with Crippen LogP contribution in [0.25, 0.3) is 0 Å². The topological polar surface area (TPSA) is 53.6 Å². The van der Waals surface area contributed by atoms with E-state index in [9.17, 15) is 9.18 Å². The van der Waals surface area contributed by atoms with Crippen LogP contribution in [0.5, 0.6) is 0 Å². The van der Waals surface area contributed by atoms with Crippen LogP contribution in [0.1, 0.15) is 5.56 Å². The monoisotopic (exact) mass is 343 g/mol. The highest BCUT2D eigenvalue weighted by Gasteiger charge is 2.15. The van der Waals surface area contributed by atoms with Crippen molar-refractivity contribution in [1.29, 1.82) is 0 Å². The summed E-state index contributed by atoms with van der Waals surface area (Å²) < 4.78 is 18.3. The smallest absolute Gasteiger partial charge is 0.238 e. The molecule has 1 fully saturated rings. The average Bonchev–Trinajstić information content (AvgIpc) is 2.64. The minimum atomic E-state index is -0.263. The van der Waals surface area contributed by atoms with E-state index in [1.807, 2.05) is 24.3 Å². The number of carbonyl (C=O) groups is 1. The molecule has 0 aliphatic carbocycles. The van der Waals surface area contributed by atoms with E-state index in [4.69, 9.17) is 4.74 Å². The summed E-state index contributed by atoms with van der Waals surface area (Å²) in [6, 6.07) is 14.0. The van der Waals surface area contributed by atoms with Crippen LogP contribution in [0.2, 0.25) is 0 Å². The van der Waals surface area contributed by atoms with Gasteiger partial charge < -0.3 is 20.3 Å². The molecule has 2 aromatic rings. The molecule has 1 saturated heterocycles. The van der Waals surface area contributed by atoms with Crippen molar-refractivity contribution in [1.82, 2.24) is 5.32 Å². The fourth-order valence-electron chi connectivity index (χ4n) is 2.78. The summed E-state index contributed by atoms with van der Waals surface area (Å²) in [5.74, 6) is -0.371. The number of anilines is 2. The number of morpholine rings is 1. The molecule has 3 rings (SSSR count). The molecule has 0 unspecified atom stereocenters. The van der Waals surface area contributed by atoms with Gasteiger partial charge in [-0.3, -0.25) is 4.79 Å². The molecule has 1 amide bonds. The first-order chi connectivity index (χ1) is 12.2. The Morgan fingerprint density at radius 2 is 1.80 bits per heavy atom. The largest absolute Gasteiger partial charge is 0.378 e. The first-order valence-electron chi connectivity index (χ1n) is 8.39. The van der Waals surface area contributed by atoms with Crippen LogP contribution in [-0.2, 0) is 16.1 Å². The van der Waals surface area contributed by atoms with E-state index < -0.39 is 0 Å². The van der Waals surface area contributed by atoms with Gasteiger partial charge in [0.15, 0.2) is 0 Å². The zero-order valence-corrected chi connectivity index (χ0v) is 14.0. The van der Waals surface area contributed by atoms with Crippen molar-refractivity contribution < 1.29 is 13.9 Å². The second-order valence-corrected chi connectivity index (χ2v) is 5.89. The quantitative estimate of drug-likeness (QED) is 0.846. The van der Waals surface area contributed by atoms with Gasteiger partial charge in [-0.25, -0.2) is 4.39 Å². The molecule has 5 nitrogen and oxygen atoms in total. The molecule has 1 aliphatic heterocycles. The van der Waals surface area contributed by atoms with E-state index in [-0.39, 0.29) is 18.3 Å². The number of nitrogens with one attached hydrogen (secondary N) is 2. The van der Waals surface area contributed by atoms with Crippen LogP contribution in [0, 0.1) is 5.82 Å². The van der Waals surface area contributed by atoms with Crippen LogP contribution in [0.4, 0.5) is 15.8 Å². The van der Waals surface area contributed by atoms with Crippen molar-refractivity contribution in [2.75, 3.05) is 43.1 Å². The first-order valence-corrected chi connectivity index (χ1v) is 8.39. The molecule has 1 heterocycles. The molecule has 0 bridgehead atoms. The zero-order valence-electron chi connectivity index (χ0n) is 14.0. The van der Waals surface area contributed by atoms with E-state index in [2.05, 4.69) is 15.5 Å². The van der Waals surface area contributed by atoms with Gasteiger partial charge in [0.1, 0.15) is 5.82 Å². The number of rotatable bonds is 6. The Kier molecular flexibility index (Phi) is 5.98. The molecule has 1 aliphatic rings. The predicted molar refractivity (Wildman–Crippen MR) is 96.2 cm³/mol. The zero-order chi connectivity index (χ0) is 17.5. The number of ether oxygens (including phenoxy) is 1. The summed E-state index contributed by atoms with van der Waals surface area (Å²) >= 11 is 0. The third-order valence-electron chi connectivity index (χ3n) is 4.06. The van der Waals surface area contributed by atoms with Crippen LogP contribution in [-0.4, -0.2) is 38.8 Å². The van der Waals surface area contributed by atoms with E-state index in [1.165, 1.54) is 12.1 Å². The Bertz CT molecular complexity index is 700. The average molecular weight is 343 g/mol. The van der Waals surface area contributed by atoms with Gasteiger partial charge in [-0.15, -0.1) is 0 Å². The van der Waals surface area contributed by atoms with E-state index in [0.29, 0.717) is 19.8 Å². The third kappa shape index (κ3) is 5.01. The Morgan fingerprint density at radius 1 is 1.08 bits per heavy atom. The maximum atomic E-state index is 12.9. The summed E-state index contributed by atoms with van der Waals surface area (Å²) in [7, 11) is 0. The summed E-state index contributed by atoms with van der Waals surface area (Å²) in [6.07, 6.45) is 0. The van der Waals surface area contributed by atoms with Crippen LogP contribution in [0.3, 0.4) is 0 Å². The minimum Gasteiger partial charge on any atom is -0.378 e. The Balaban J connectivity index is 1.53. The van der Waals surface area contributed by atoms with Gasteiger partial charge in [0.25, 0.3) is 0 Å². The molecule has 0 atom stereocenters. The first kappa shape index (κ1) is 17.4. The third-order valence-corrected chi connectivity index (χ3v) is 4.06. The molecule has 0 aromatic heterocycles. The maximum absolute atomic E-state index is 12.9. The number of nitrogens with zero attached hydrogens (tertiary/aromatic N) is 1. The van der Waals surface area contributed by atoms with E-state index in [0.717, 1.165) is 30.0 Å². The van der Waals surface area contributed by atoms with Crippen molar-refractivity contribution in [3.63, 3.8) is 0 Å². The molecule has 0 spiro atoms. The maximum Gasteiger partial charge on any atom is 0.238 e. The number of hydrogen-bond acceptors (Lipinski definition) is 4. The molecule has 2 N–H and O–H groups in total. The van der Waals surface area contributed by atoms with E-state index in [1.54, 1.807) is 12.1 Å². The molecule has 2 aromatic carbocycles. The highest BCUT2D eigenvalue weighted by atomic mass is 19.1. The normalized spacial score (nSPS) is 14.4. The molecule has 25 heavy (non-hydrogen) atoms. The van der Waals surface area contributed by atoms with Gasteiger partial charge in [-0.05, 0) is 29.8 Å². The van der Waals surface area contributed by atoms with Crippen LogP contribution >= 0.6 is 0 Å². The lowest BCUT2D eigenvalue weighted by molar-refractivity contribution is -0.115. The Morgan fingerprint density at radius 3 is 2.56 bits per heavy atom. The van der Waals surface area contributed by atoms with Gasteiger partial charge in [0, 0.05) is 19.6 Å². The summed E-state index contributed by atoms with van der Waals surface area (Å²) in [5, 5.41) is 6.03. The fourth-order valence-corrected chi connectivity index (χ4v) is 2.78. The van der Waals surface area contributed by atoms with Gasteiger partial charge >= 0.3 is 0 Å². The SMILES string of the molecule is O=C(CNCc1ccc(F)cc1)Nc1ccccc1N1CCOCC1. The van der Waals surface area contributed by atoms with Crippen LogP contribution in [0.15, 0.2) is 48.5 Å². The minimum absolute atomic E-state index is 0.108. The summed E-state index contributed by atoms with van der Waals surface area (Å²) in [4.78, 5) is 14.4. The summed E-state index contributed by atoms with van der Waals surface area (Å²) in [5.41, 5.74) is 2.75. The number of benzene rings is 2. The molecular weight excluding hydrogens is 321 g/mol. The number of halogens is 1. The Hall–Kier alpha value is -2.44. The summed E-state index contributed by atoms with van der Waals surface area (Å²) in [6.45, 7) is 3.72. The highest BCUT2D eigenvalue weighted by molar-refractivity contribution is 5.95. The number of carbonyl (C=O) groups excluding carboxylic acids is 1. The van der Waals surface area contributed by atoms with Gasteiger partial charge in [-0.2, -0.15) is 0 Å². The fraction of sp³-hybridized carbons (Fsp3) is 0.316. The van der Waals surface area contributed by atoms with Gasteiger partial charge in [-0.1, -0.05) is 24.3 Å². The van der Waals surface area contributed by atoms with Crippen molar-refractivity contribution in [3.05, 3.63) is 59.9 Å². The van der Waals surface area contributed by atoms with Crippen molar-refractivity contribution in [3.8, 4) is 0 Å². The Labute approximate surface area is 146 Å². The van der Waals surface area contributed by atoms with Gasteiger partial charge in [0.05, 0.1) is 31.1 Å². The molecule has 132 valence electrons. The standard InChI is InChI=1S/C19H22FN3O2/c20-16-7-5-15(6-8-16)13-21-14-19(24)22-17-3-1-2-4-18(17)23-9-11-25-12-10-23/h1-8,21H,9-14H2,(H,22,24). The lowest BCUT2D eigenvalue weighted by Gasteiger charge is -2.30. The van der Waals surface area contributed by atoms with E-state index >= 15 is 0 Å². The number of para-hydroxylation sites is 2. The van der Waals surface area contributed by atoms with Crippen molar-refractivity contribution in [2.45, 2.75) is 6.54 Å². The molecule has 0 radical (unpaired) electrons. The van der Waals surface area contributed by atoms with Crippen molar-refractivity contribution >= 4 is 17.3 Å². The molecule has 6 heteroatoms. The number of amides is 1. The lowest BCUT2D eigenvalue weighted by Crippen LogP contribution is -2.37. The highest BCUT2D eigenvalue weighted by Crippen LogP contribution is 2.26. The van der Waals surface area contributed by atoms with Gasteiger partial charge in [0.2, 0.25) is 5.91 Å². The molecule has 0 saturated carbocycles. The lowest BCUT2D eigenvalue weighted by atomic mass is 10.2. The van der Waals surface area contributed by atoms with Crippen LogP contribution < -0.4 is 15.5 Å². The van der Waals surface area contributed by atoms with Crippen molar-refractivity contribution in [2.24, 2.45) is 0 Å². The molecular formula is C19H22FN3O2. The number of hydrogen-bond donors (Lipinski definition) is 2. The second kappa shape index (κ2) is 8.60. The predicted octanol–water partition coefficient (Wildman–Crippen LogP) is 2.39.